The predicted octanol–water partition coefficient (Wildman–Crippen LogP) is 0.696. The van der Waals surface area contributed by atoms with Crippen LogP contribution >= 0.6 is 0 Å². The van der Waals surface area contributed by atoms with Crippen LogP contribution in [-0.4, -0.2) is 57.5 Å². The van der Waals surface area contributed by atoms with Crippen molar-refractivity contribution in [2.75, 3.05) is 38.2 Å². The van der Waals surface area contributed by atoms with Gasteiger partial charge >= 0.3 is 5.97 Å². The number of carbonyl (C=O) groups is 1. The maximum absolute atomic E-state index is 11.6. The first-order valence-corrected chi connectivity index (χ1v) is 8.55. The highest BCUT2D eigenvalue weighted by molar-refractivity contribution is 7.90. The van der Waals surface area contributed by atoms with E-state index in [1.807, 2.05) is 6.92 Å². The molecule has 1 atom stereocenters. The van der Waals surface area contributed by atoms with E-state index in [-0.39, 0.29) is 17.6 Å². The van der Waals surface area contributed by atoms with Gasteiger partial charge in [-0.1, -0.05) is 0 Å². The molecule has 0 radical (unpaired) electrons. The van der Waals surface area contributed by atoms with Gasteiger partial charge in [0.15, 0.2) is 0 Å². The predicted molar refractivity (Wildman–Crippen MR) is 70.1 cm³/mol. The molecule has 1 unspecified atom stereocenters. The molecule has 0 aromatic rings. The summed E-state index contributed by atoms with van der Waals surface area (Å²) in [5.74, 6) is 0.0513. The molecule has 0 aromatic carbocycles. The number of esters is 1. The average Bonchev–Trinajstić information content (AvgIpc) is 2.28. The van der Waals surface area contributed by atoms with Crippen molar-refractivity contribution in [1.82, 2.24) is 4.90 Å². The first-order chi connectivity index (χ1) is 8.42. The standard InChI is InChI=1S/C12H23NO4S/c1-3-17-12(14)11-6-4-7-13(10-11)8-5-9-18(2,15)16/h11H,3-10H2,1-2H3. The van der Waals surface area contributed by atoms with Crippen molar-refractivity contribution in [1.29, 1.82) is 0 Å². The number of nitrogens with zero attached hydrogens (tertiary/aromatic N) is 1. The summed E-state index contributed by atoms with van der Waals surface area (Å²) in [7, 11) is -2.88. The van der Waals surface area contributed by atoms with Gasteiger partial charge in [0.1, 0.15) is 9.84 Å². The highest BCUT2D eigenvalue weighted by Crippen LogP contribution is 2.18. The number of piperidine rings is 1. The average molecular weight is 277 g/mol. The lowest BCUT2D eigenvalue weighted by Gasteiger charge is -2.31. The Morgan fingerprint density at radius 2 is 2.17 bits per heavy atom. The fourth-order valence-corrected chi connectivity index (χ4v) is 2.91. The second kappa shape index (κ2) is 7.09. The highest BCUT2D eigenvalue weighted by Gasteiger charge is 2.26. The Balaban J connectivity index is 2.33. The summed E-state index contributed by atoms with van der Waals surface area (Å²) in [6.07, 6.45) is 3.74. The monoisotopic (exact) mass is 277 g/mol. The minimum atomic E-state index is -2.88. The Labute approximate surface area is 109 Å². The molecule has 1 saturated heterocycles. The molecule has 5 nitrogen and oxygen atoms in total. The molecule has 0 aliphatic carbocycles. The molecule has 1 heterocycles. The molecular formula is C12H23NO4S. The second-order valence-electron chi connectivity index (χ2n) is 4.88. The normalized spacial score (nSPS) is 21.8. The number of sulfone groups is 1. The van der Waals surface area contributed by atoms with Crippen molar-refractivity contribution >= 4 is 15.8 Å². The Kier molecular flexibility index (Phi) is 6.08. The third-order valence-electron chi connectivity index (χ3n) is 3.11. The van der Waals surface area contributed by atoms with Crippen LogP contribution in [-0.2, 0) is 19.4 Å². The fraction of sp³-hybridized carbons (Fsp3) is 0.917. The maximum atomic E-state index is 11.6. The Hall–Kier alpha value is -0.620. The van der Waals surface area contributed by atoms with Gasteiger partial charge in [0.05, 0.1) is 18.3 Å². The van der Waals surface area contributed by atoms with Gasteiger partial charge in [-0.3, -0.25) is 4.79 Å². The molecule has 106 valence electrons. The van der Waals surface area contributed by atoms with Crippen LogP contribution in [0.3, 0.4) is 0 Å². The van der Waals surface area contributed by atoms with E-state index in [4.69, 9.17) is 4.74 Å². The summed E-state index contributed by atoms with van der Waals surface area (Å²) in [4.78, 5) is 13.8. The van der Waals surface area contributed by atoms with E-state index < -0.39 is 9.84 Å². The number of hydrogen-bond acceptors (Lipinski definition) is 5. The van der Waals surface area contributed by atoms with Gasteiger partial charge < -0.3 is 9.64 Å². The van der Waals surface area contributed by atoms with Crippen LogP contribution in [0.25, 0.3) is 0 Å². The summed E-state index contributed by atoms with van der Waals surface area (Å²) in [6, 6.07) is 0. The number of carbonyl (C=O) groups excluding carboxylic acids is 1. The minimum Gasteiger partial charge on any atom is -0.466 e. The third kappa shape index (κ3) is 5.82. The molecule has 0 saturated carbocycles. The summed E-state index contributed by atoms with van der Waals surface area (Å²) in [5.41, 5.74) is 0. The topological polar surface area (TPSA) is 63.7 Å². The van der Waals surface area contributed by atoms with Crippen molar-refractivity contribution in [3.8, 4) is 0 Å². The van der Waals surface area contributed by atoms with E-state index in [2.05, 4.69) is 4.90 Å². The molecule has 18 heavy (non-hydrogen) atoms. The summed E-state index contributed by atoms with van der Waals surface area (Å²) >= 11 is 0. The van der Waals surface area contributed by atoms with Gasteiger partial charge in [0, 0.05) is 12.8 Å². The van der Waals surface area contributed by atoms with Crippen molar-refractivity contribution < 1.29 is 17.9 Å². The summed E-state index contributed by atoms with van der Waals surface area (Å²) < 4.78 is 27.1. The van der Waals surface area contributed by atoms with Crippen LogP contribution in [0.5, 0.6) is 0 Å². The molecule has 1 fully saturated rings. The first kappa shape index (κ1) is 15.4. The van der Waals surface area contributed by atoms with Crippen LogP contribution in [0.1, 0.15) is 26.2 Å². The number of hydrogen-bond donors (Lipinski definition) is 0. The van der Waals surface area contributed by atoms with E-state index in [1.165, 1.54) is 6.26 Å². The van der Waals surface area contributed by atoms with Crippen LogP contribution in [0, 0.1) is 5.92 Å². The number of likely N-dealkylation sites (tertiary alicyclic amines) is 1. The van der Waals surface area contributed by atoms with E-state index in [9.17, 15) is 13.2 Å². The zero-order chi connectivity index (χ0) is 13.6. The minimum absolute atomic E-state index is 0.0445. The van der Waals surface area contributed by atoms with Gasteiger partial charge in [0.2, 0.25) is 0 Å². The van der Waals surface area contributed by atoms with Crippen molar-refractivity contribution in [3.05, 3.63) is 0 Å². The fourth-order valence-electron chi connectivity index (χ4n) is 2.26. The molecule has 0 N–H and O–H groups in total. The molecule has 1 rings (SSSR count). The Morgan fingerprint density at radius 1 is 1.44 bits per heavy atom. The third-order valence-corrected chi connectivity index (χ3v) is 4.15. The molecule has 1 aliphatic rings. The second-order valence-corrected chi connectivity index (χ2v) is 7.13. The zero-order valence-electron chi connectivity index (χ0n) is 11.2. The molecule has 1 aliphatic heterocycles. The van der Waals surface area contributed by atoms with Crippen molar-refractivity contribution in [2.24, 2.45) is 5.92 Å². The molecule has 0 spiro atoms. The molecule has 0 amide bonds. The first-order valence-electron chi connectivity index (χ1n) is 6.49. The summed E-state index contributed by atoms with van der Waals surface area (Å²) in [5, 5.41) is 0. The van der Waals surface area contributed by atoms with E-state index in [0.717, 1.165) is 25.9 Å². The van der Waals surface area contributed by atoms with Crippen LogP contribution in [0.2, 0.25) is 0 Å². The van der Waals surface area contributed by atoms with Crippen LogP contribution < -0.4 is 0 Å². The van der Waals surface area contributed by atoms with Gasteiger partial charge in [-0.05, 0) is 39.3 Å². The Morgan fingerprint density at radius 3 is 2.78 bits per heavy atom. The Bertz CT molecular complexity index is 366. The molecule has 6 heteroatoms. The van der Waals surface area contributed by atoms with Gasteiger partial charge in [-0.15, -0.1) is 0 Å². The lowest BCUT2D eigenvalue weighted by Crippen LogP contribution is -2.40. The van der Waals surface area contributed by atoms with E-state index >= 15 is 0 Å². The smallest absolute Gasteiger partial charge is 0.310 e. The number of ether oxygens (including phenoxy) is 1. The van der Waals surface area contributed by atoms with Crippen LogP contribution in [0.15, 0.2) is 0 Å². The quantitative estimate of drug-likeness (QED) is 0.669. The lowest BCUT2D eigenvalue weighted by molar-refractivity contribution is -0.149. The highest BCUT2D eigenvalue weighted by atomic mass is 32.2. The van der Waals surface area contributed by atoms with Crippen molar-refractivity contribution in [2.45, 2.75) is 26.2 Å². The molecule has 0 aromatic heterocycles. The van der Waals surface area contributed by atoms with Gasteiger partial charge in [-0.2, -0.15) is 0 Å². The molecular weight excluding hydrogens is 254 g/mol. The van der Waals surface area contributed by atoms with E-state index in [1.54, 1.807) is 0 Å². The van der Waals surface area contributed by atoms with Crippen molar-refractivity contribution in [3.63, 3.8) is 0 Å². The SMILES string of the molecule is CCOC(=O)C1CCCN(CCCS(C)(=O)=O)C1. The lowest BCUT2D eigenvalue weighted by atomic mass is 9.98. The molecule has 0 bridgehead atoms. The summed E-state index contributed by atoms with van der Waals surface area (Å²) in [6.45, 7) is 4.61. The van der Waals surface area contributed by atoms with E-state index in [0.29, 0.717) is 19.6 Å². The largest absolute Gasteiger partial charge is 0.466 e. The van der Waals surface area contributed by atoms with Gasteiger partial charge in [-0.25, -0.2) is 8.42 Å². The zero-order valence-corrected chi connectivity index (χ0v) is 12.0. The number of rotatable bonds is 6. The van der Waals surface area contributed by atoms with Gasteiger partial charge in [0.25, 0.3) is 0 Å². The maximum Gasteiger partial charge on any atom is 0.310 e. The van der Waals surface area contributed by atoms with Crippen LogP contribution in [0.4, 0.5) is 0 Å².